The summed E-state index contributed by atoms with van der Waals surface area (Å²) in [4.78, 5) is 10.9. The number of rotatable bonds is 1. The highest BCUT2D eigenvalue weighted by Gasteiger charge is 2.18. The van der Waals surface area contributed by atoms with Crippen LogP contribution in [0, 0.1) is 0 Å². The van der Waals surface area contributed by atoms with Gasteiger partial charge in [-0.05, 0) is 17.7 Å². The predicted octanol–water partition coefficient (Wildman–Crippen LogP) is 3.20. The summed E-state index contributed by atoms with van der Waals surface area (Å²) in [5, 5.41) is 0. The SMILES string of the molecule is O=Cc1cccc2c1Cc1ccccc1O2. The van der Waals surface area contributed by atoms with Gasteiger partial charge in [0.05, 0.1) is 0 Å². The van der Waals surface area contributed by atoms with Gasteiger partial charge >= 0.3 is 0 Å². The molecule has 0 bridgehead atoms. The van der Waals surface area contributed by atoms with Crippen molar-refractivity contribution in [3.05, 3.63) is 59.2 Å². The second-order valence-electron chi connectivity index (χ2n) is 3.83. The van der Waals surface area contributed by atoms with E-state index in [1.807, 2.05) is 42.5 Å². The number of hydrogen-bond acceptors (Lipinski definition) is 2. The third kappa shape index (κ3) is 1.31. The second kappa shape index (κ2) is 3.49. The molecule has 0 fully saturated rings. The van der Waals surface area contributed by atoms with Crippen molar-refractivity contribution in [3.63, 3.8) is 0 Å². The molecule has 2 aromatic carbocycles. The molecule has 0 radical (unpaired) electrons. The van der Waals surface area contributed by atoms with E-state index in [1.54, 1.807) is 0 Å². The van der Waals surface area contributed by atoms with Crippen molar-refractivity contribution in [3.8, 4) is 11.5 Å². The van der Waals surface area contributed by atoms with Gasteiger partial charge in [0.1, 0.15) is 17.8 Å². The van der Waals surface area contributed by atoms with E-state index >= 15 is 0 Å². The molecule has 0 atom stereocenters. The minimum atomic E-state index is 0.715. The maximum atomic E-state index is 10.9. The first-order valence-corrected chi connectivity index (χ1v) is 5.21. The van der Waals surface area contributed by atoms with E-state index in [0.717, 1.165) is 35.3 Å². The molecule has 2 heteroatoms. The number of hydrogen-bond donors (Lipinski definition) is 0. The minimum absolute atomic E-state index is 0.715. The average molecular weight is 210 g/mol. The molecule has 0 amide bonds. The van der Waals surface area contributed by atoms with E-state index in [4.69, 9.17) is 4.74 Å². The van der Waals surface area contributed by atoms with E-state index in [2.05, 4.69) is 0 Å². The Labute approximate surface area is 93.5 Å². The number of ether oxygens (including phenoxy) is 1. The molecule has 2 nitrogen and oxygen atoms in total. The summed E-state index contributed by atoms with van der Waals surface area (Å²) in [6.45, 7) is 0. The minimum Gasteiger partial charge on any atom is -0.457 e. The zero-order valence-corrected chi connectivity index (χ0v) is 8.64. The van der Waals surface area contributed by atoms with Crippen molar-refractivity contribution >= 4 is 6.29 Å². The molecule has 78 valence electrons. The zero-order valence-electron chi connectivity index (χ0n) is 8.64. The van der Waals surface area contributed by atoms with Gasteiger partial charge in [0, 0.05) is 17.5 Å². The van der Waals surface area contributed by atoms with E-state index < -0.39 is 0 Å². The lowest BCUT2D eigenvalue weighted by atomic mass is 9.96. The van der Waals surface area contributed by atoms with E-state index in [9.17, 15) is 4.79 Å². The number of fused-ring (bicyclic) bond motifs is 2. The average Bonchev–Trinajstić information content (AvgIpc) is 2.35. The number of carbonyl (C=O) groups excluding carboxylic acids is 1. The van der Waals surface area contributed by atoms with Crippen molar-refractivity contribution in [1.82, 2.24) is 0 Å². The van der Waals surface area contributed by atoms with Crippen LogP contribution < -0.4 is 4.74 Å². The van der Waals surface area contributed by atoms with Gasteiger partial charge in [0.25, 0.3) is 0 Å². The fraction of sp³-hybridized carbons (Fsp3) is 0.0714. The standard InChI is InChI=1S/C14H10O2/c15-9-11-5-3-7-14-12(11)8-10-4-1-2-6-13(10)16-14/h1-7,9H,8H2. The molecule has 16 heavy (non-hydrogen) atoms. The van der Waals surface area contributed by atoms with Crippen molar-refractivity contribution < 1.29 is 9.53 Å². The molecule has 2 aromatic rings. The van der Waals surface area contributed by atoms with Crippen LogP contribution in [-0.4, -0.2) is 6.29 Å². The molecule has 0 saturated carbocycles. The first-order valence-electron chi connectivity index (χ1n) is 5.21. The molecule has 0 saturated heterocycles. The van der Waals surface area contributed by atoms with Crippen LogP contribution in [0.2, 0.25) is 0 Å². The summed E-state index contributed by atoms with van der Waals surface area (Å²) in [7, 11) is 0. The second-order valence-corrected chi connectivity index (χ2v) is 3.83. The van der Waals surface area contributed by atoms with E-state index in [0.29, 0.717) is 5.56 Å². The Bertz CT molecular complexity index is 558. The van der Waals surface area contributed by atoms with Gasteiger partial charge in [0.2, 0.25) is 0 Å². The summed E-state index contributed by atoms with van der Waals surface area (Å²) in [6.07, 6.45) is 1.65. The summed E-state index contributed by atoms with van der Waals surface area (Å²) in [5.41, 5.74) is 2.83. The topological polar surface area (TPSA) is 26.3 Å². The maximum Gasteiger partial charge on any atom is 0.150 e. The number of para-hydroxylation sites is 1. The van der Waals surface area contributed by atoms with Crippen LogP contribution in [0.1, 0.15) is 21.5 Å². The highest BCUT2D eigenvalue weighted by atomic mass is 16.5. The predicted molar refractivity (Wildman–Crippen MR) is 61.2 cm³/mol. The first-order chi connectivity index (χ1) is 7.88. The molecular formula is C14H10O2. The molecule has 1 aliphatic rings. The van der Waals surface area contributed by atoms with Crippen LogP contribution in [0.15, 0.2) is 42.5 Å². The smallest absolute Gasteiger partial charge is 0.150 e. The first kappa shape index (κ1) is 9.16. The normalized spacial score (nSPS) is 12.2. The zero-order chi connectivity index (χ0) is 11.0. The summed E-state index contributed by atoms with van der Waals surface area (Å²) < 4.78 is 5.76. The molecule has 3 rings (SSSR count). The molecule has 0 spiro atoms. The highest BCUT2D eigenvalue weighted by molar-refractivity contribution is 5.79. The van der Waals surface area contributed by atoms with Gasteiger partial charge in [-0.2, -0.15) is 0 Å². The van der Waals surface area contributed by atoms with Crippen molar-refractivity contribution in [2.45, 2.75) is 6.42 Å². The molecule has 0 aromatic heterocycles. The van der Waals surface area contributed by atoms with Crippen LogP contribution in [0.5, 0.6) is 11.5 Å². The number of aldehydes is 1. The lowest BCUT2D eigenvalue weighted by Crippen LogP contribution is -2.05. The van der Waals surface area contributed by atoms with Gasteiger partial charge in [-0.1, -0.05) is 30.3 Å². The third-order valence-corrected chi connectivity index (χ3v) is 2.86. The van der Waals surface area contributed by atoms with Gasteiger partial charge in [-0.3, -0.25) is 4.79 Å². The van der Waals surface area contributed by atoms with Gasteiger partial charge in [-0.25, -0.2) is 0 Å². The fourth-order valence-corrected chi connectivity index (χ4v) is 2.04. The van der Waals surface area contributed by atoms with Crippen LogP contribution in [0.4, 0.5) is 0 Å². The van der Waals surface area contributed by atoms with Crippen molar-refractivity contribution in [2.75, 3.05) is 0 Å². The van der Waals surface area contributed by atoms with E-state index in [1.165, 1.54) is 0 Å². The molecule has 0 aliphatic carbocycles. The summed E-state index contributed by atoms with van der Waals surface area (Å²) in [5.74, 6) is 1.68. The highest BCUT2D eigenvalue weighted by Crippen LogP contribution is 2.37. The summed E-state index contributed by atoms with van der Waals surface area (Å²) in [6, 6.07) is 13.5. The molecule has 0 unspecified atom stereocenters. The summed E-state index contributed by atoms with van der Waals surface area (Å²) >= 11 is 0. The third-order valence-electron chi connectivity index (χ3n) is 2.86. The quantitative estimate of drug-likeness (QED) is 0.576. The number of carbonyl (C=O) groups is 1. The molecule has 1 heterocycles. The lowest BCUT2D eigenvalue weighted by molar-refractivity contribution is 0.112. The maximum absolute atomic E-state index is 10.9. The van der Waals surface area contributed by atoms with Gasteiger partial charge < -0.3 is 4.74 Å². The van der Waals surface area contributed by atoms with E-state index in [-0.39, 0.29) is 0 Å². The molecule has 1 aliphatic heterocycles. The van der Waals surface area contributed by atoms with Gasteiger partial charge in [0.15, 0.2) is 0 Å². The largest absolute Gasteiger partial charge is 0.457 e. The number of benzene rings is 2. The van der Waals surface area contributed by atoms with Crippen LogP contribution in [0.25, 0.3) is 0 Å². The molecule has 0 N–H and O–H groups in total. The van der Waals surface area contributed by atoms with Crippen LogP contribution in [-0.2, 0) is 6.42 Å². The monoisotopic (exact) mass is 210 g/mol. The fourth-order valence-electron chi connectivity index (χ4n) is 2.04. The van der Waals surface area contributed by atoms with Crippen LogP contribution >= 0.6 is 0 Å². The Hall–Kier alpha value is -2.09. The molecular weight excluding hydrogens is 200 g/mol. The Balaban J connectivity index is 2.15. The Morgan fingerprint density at radius 2 is 1.81 bits per heavy atom. The Morgan fingerprint density at radius 3 is 2.69 bits per heavy atom. The Morgan fingerprint density at radius 1 is 1.00 bits per heavy atom. The lowest BCUT2D eigenvalue weighted by Gasteiger charge is -2.20. The van der Waals surface area contributed by atoms with Crippen molar-refractivity contribution in [1.29, 1.82) is 0 Å². The Kier molecular flexibility index (Phi) is 2.00. The van der Waals surface area contributed by atoms with Crippen LogP contribution in [0.3, 0.4) is 0 Å². The van der Waals surface area contributed by atoms with Crippen molar-refractivity contribution in [2.24, 2.45) is 0 Å². The van der Waals surface area contributed by atoms with Gasteiger partial charge in [-0.15, -0.1) is 0 Å².